The van der Waals surface area contributed by atoms with Crippen LogP contribution in [0.3, 0.4) is 0 Å². The molecule has 0 atom stereocenters. The van der Waals surface area contributed by atoms with E-state index in [-0.39, 0.29) is 6.09 Å². The number of amides is 2. The van der Waals surface area contributed by atoms with Crippen LogP contribution in [-0.2, 0) is 15.0 Å². The average molecular weight is 455 g/mol. The summed E-state index contributed by atoms with van der Waals surface area (Å²) in [6, 6.07) is 14.5. The van der Waals surface area contributed by atoms with Gasteiger partial charge in [0.05, 0.1) is 13.1 Å². The van der Waals surface area contributed by atoms with Crippen molar-refractivity contribution in [2.24, 2.45) is 0 Å². The first-order chi connectivity index (χ1) is 14.9. The molecule has 1 aliphatic heterocycles. The van der Waals surface area contributed by atoms with Gasteiger partial charge in [-0.2, -0.15) is 0 Å². The number of carbonyl (C=O) groups is 2. The van der Waals surface area contributed by atoms with Crippen LogP contribution in [0.15, 0.2) is 42.5 Å². The molecular formula is C25H30N2O4S. The Kier molecular flexibility index (Phi) is 5.36. The first kappa shape index (κ1) is 22.4. The monoisotopic (exact) mass is 454 g/mol. The Bertz CT molecular complexity index is 1180. The zero-order valence-electron chi connectivity index (χ0n) is 19.4. The van der Waals surface area contributed by atoms with Crippen molar-refractivity contribution in [1.82, 2.24) is 10.2 Å². The van der Waals surface area contributed by atoms with Gasteiger partial charge in [0.1, 0.15) is 16.7 Å². The lowest BCUT2D eigenvalue weighted by molar-refractivity contribution is -0.0229. The maximum absolute atomic E-state index is 12.7. The van der Waals surface area contributed by atoms with Gasteiger partial charge >= 0.3 is 12.2 Å². The Morgan fingerprint density at radius 3 is 2.19 bits per heavy atom. The second kappa shape index (κ2) is 7.66. The van der Waals surface area contributed by atoms with Crippen molar-refractivity contribution in [3.05, 3.63) is 48.0 Å². The lowest BCUT2D eigenvalue weighted by Gasteiger charge is -2.50. The van der Waals surface area contributed by atoms with Crippen LogP contribution in [0, 0.1) is 0 Å². The van der Waals surface area contributed by atoms with Crippen LogP contribution in [-0.4, -0.2) is 41.4 Å². The Balaban J connectivity index is 1.67. The number of nitrogens with one attached hydrogen (secondary N) is 1. The highest BCUT2D eigenvalue weighted by Crippen LogP contribution is 2.39. The lowest BCUT2D eigenvalue weighted by Crippen LogP contribution is -2.69. The molecule has 0 saturated carbocycles. The van der Waals surface area contributed by atoms with Crippen molar-refractivity contribution < 1.29 is 19.1 Å². The number of fused-ring (bicyclic) bond motifs is 3. The van der Waals surface area contributed by atoms with E-state index in [4.69, 9.17) is 9.47 Å². The molecule has 1 aromatic heterocycles. The topological polar surface area (TPSA) is 67.9 Å². The van der Waals surface area contributed by atoms with E-state index in [0.717, 1.165) is 10.9 Å². The van der Waals surface area contributed by atoms with Gasteiger partial charge in [-0.05, 0) is 65.3 Å². The van der Waals surface area contributed by atoms with Crippen molar-refractivity contribution in [3.8, 4) is 0 Å². The molecule has 0 aliphatic carbocycles. The quantitative estimate of drug-likeness (QED) is 0.514. The van der Waals surface area contributed by atoms with Crippen molar-refractivity contribution >= 4 is 43.7 Å². The zero-order valence-corrected chi connectivity index (χ0v) is 20.3. The van der Waals surface area contributed by atoms with E-state index in [1.807, 2.05) is 59.7 Å². The predicted molar refractivity (Wildman–Crippen MR) is 128 cm³/mol. The molecule has 170 valence electrons. The Hall–Kier alpha value is -2.80. The normalized spacial score (nSPS) is 16.0. The Labute approximate surface area is 192 Å². The predicted octanol–water partition coefficient (Wildman–Crippen LogP) is 6.03. The summed E-state index contributed by atoms with van der Waals surface area (Å²) < 4.78 is 13.4. The van der Waals surface area contributed by atoms with E-state index in [1.165, 1.54) is 14.8 Å². The molecule has 32 heavy (non-hydrogen) atoms. The molecule has 3 aromatic rings. The molecule has 2 heterocycles. The summed E-state index contributed by atoms with van der Waals surface area (Å²) in [6.07, 6.45) is -0.891. The number of rotatable bonds is 2. The summed E-state index contributed by atoms with van der Waals surface area (Å²) in [7, 11) is 0. The second-order valence-electron chi connectivity index (χ2n) is 10.4. The fraction of sp³-hybridized carbons (Fsp3) is 0.440. The van der Waals surface area contributed by atoms with Gasteiger partial charge < -0.3 is 19.7 Å². The highest BCUT2D eigenvalue weighted by molar-refractivity contribution is 7.25. The standard InChI is InChI=1S/C25H30N2O4S/c1-23(2,3)30-21(28)26-25(14-27(15-25)22(29)31-24(4,5)6)16-11-12-20-18(13-16)17-9-7-8-10-19(17)32-20/h7-13H,14-15H2,1-6H3,(H,26,28). The Morgan fingerprint density at radius 1 is 0.906 bits per heavy atom. The number of hydrogen-bond donors (Lipinski definition) is 1. The van der Waals surface area contributed by atoms with E-state index in [0.29, 0.717) is 13.1 Å². The average Bonchev–Trinajstić information content (AvgIpc) is 2.99. The lowest BCUT2D eigenvalue weighted by atomic mass is 9.82. The molecule has 2 amide bonds. The van der Waals surface area contributed by atoms with Gasteiger partial charge in [-0.3, -0.25) is 0 Å². The molecule has 1 aliphatic rings. The maximum atomic E-state index is 12.7. The van der Waals surface area contributed by atoms with Crippen LogP contribution >= 0.6 is 11.3 Å². The van der Waals surface area contributed by atoms with Crippen molar-refractivity contribution in [3.63, 3.8) is 0 Å². The summed E-state index contributed by atoms with van der Waals surface area (Å²) in [6.45, 7) is 11.6. The maximum Gasteiger partial charge on any atom is 0.410 e. The zero-order chi connectivity index (χ0) is 23.3. The van der Waals surface area contributed by atoms with E-state index in [2.05, 4.69) is 29.6 Å². The molecule has 6 nitrogen and oxygen atoms in total. The molecule has 1 fully saturated rings. The first-order valence-electron chi connectivity index (χ1n) is 10.8. The van der Waals surface area contributed by atoms with Crippen LogP contribution in [0.25, 0.3) is 20.2 Å². The van der Waals surface area contributed by atoms with Crippen molar-refractivity contribution in [2.45, 2.75) is 58.3 Å². The minimum absolute atomic E-state index is 0.314. The van der Waals surface area contributed by atoms with E-state index in [1.54, 1.807) is 16.2 Å². The molecular weight excluding hydrogens is 424 g/mol. The summed E-state index contributed by atoms with van der Waals surface area (Å²) >= 11 is 1.74. The minimum Gasteiger partial charge on any atom is -0.444 e. The van der Waals surface area contributed by atoms with Gasteiger partial charge in [0, 0.05) is 20.2 Å². The summed E-state index contributed by atoms with van der Waals surface area (Å²) in [5.41, 5.74) is -0.994. The molecule has 7 heteroatoms. The van der Waals surface area contributed by atoms with Gasteiger partial charge in [0.15, 0.2) is 0 Å². The van der Waals surface area contributed by atoms with Crippen LogP contribution in [0.5, 0.6) is 0 Å². The molecule has 1 N–H and O–H groups in total. The Morgan fingerprint density at radius 2 is 1.53 bits per heavy atom. The molecule has 0 spiro atoms. The largest absolute Gasteiger partial charge is 0.444 e. The summed E-state index contributed by atoms with van der Waals surface area (Å²) in [4.78, 5) is 26.9. The van der Waals surface area contributed by atoms with Crippen molar-refractivity contribution in [1.29, 1.82) is 0 Å². The number of nitrogens with zero attached hydrogens (tertiary/aromatic N) is 1. The smallest absolute Gasteiger partial charge is 0.410 e. The molecule has 0 unspecified atom stereocenters. The fourth-order valence-corrected chi connectivity index (χ4v) is 5.00. The SMILES string of the molecule is CC(C)(C)OC(=O)NC1(c2ccc3sc4ccccc4c3c2)CN(C(=O)OC(C)(C)C)C1. The molecule has 0 bridgehead atoms. The molecule has 1 saturated heterocycles. The van der Waals surface area contributed by atoms with Gasteiger partial charge in [-0.15, -0.1) is 11.3 Å². The van der Waals surface area contributed by atoms with Crippen LogP contribution in [0.4, 0.5) is 9.59 Å². The third kappa shape index (κ3) is 4.53. The van der Waals surface area contributed by atoms with Gasteiger partial charge in [0.2, 0.25) is 0 Å². The fourth-order valence-electron chi connectivity index (χ4n) is 3.92. The third-order valence-corrected chi connectivity index (χ3v) is 6.39. The van der Waals surface area contributed by atoms with Crippen molar-refractivity contribution in [2.75, 3.05) is 13.1 Å². The molecule has 4 rings (SSSR count). The highest BCUT2D eigenvalue weighted by atomic mass is 32.1. The van der Waals surface area contributed by atoms with Gasteiger partial charge in [0.25, 0.3) is 0 Å². The van der Waals surface area contributed by atoms with E-state index in [9.17, 15) is 9.59 Å². The second-order valence-corrected chi connectivity index (χ2v) is 11.4. The van der Waals surface area contributed by atoms with Crippen LogP contribution in [0.2, 0.25) is 0 Å². The molecule has 2 aromatic carbocycles. The van der Waals surface area contributed by atoms with E-state index >= 15 is 0 Å². The number of alkyl carbamates (subject to hydrolysis) is 1. The van der Waals surface area contributed by atoms with E-state index < -0.39 is 22.8 Å². The first-order valence-corrected chi connectivity index (χ1v) is 11.6. The summed E-state index contributed by atoms with van der Waals surface area (Å²) in [5, 5.41) is 5.38. The minimum atomic E-state index is -0.740. The van der Waals surface area contributed by atoms with Crippen LogP contribution < -0.4 is 5.32 Å². The highest BCUT2D eigenvalue weighted by Gasteiger charge is 2.49. The van der Waals surface area contributed by atoms with Crippen LogP contribution in [0.1, 0.15) is 47.1 Å². The third-order valence-electron chi connectivity index (χ3n) is 5.24. The number of thiophene rings is 1. The summed E-state index contributed by atoms with van der Waals surface area (Å²) in [5.74, 6) is 0. The van der Waals surface area contributed by atoms with Gasteiger partial charge in [-0.1, -0.05) is 24.3 Å². The number of hydrogen-bond acceptors (Lipinski definition) is 5. The molecule has 0 radical (unpaired) electrons. The number of ether oxygens (including phenoxy) is 2. The number of carbonyl (C=O) groups excluding carboxylic acids is 2. The number of benzene rings is 2. The van der Waals surface area contributed by atoms with Gasteiger partial charge in [-0.25, -0.2) is 9.59 Å². The number of likely N-dealkylation sites (tertiary alicyclic amines) is 1.